The van der Waals surface area contributed by atoms with E-state index >= 15 is 0 Å². The van der Waals surface area contributed by atoms with Crippen molar-refractivity contribution in [1.82, 2.24) is 14.9 Å². The molecule has 0 radical (unpaired) electrons. The molecule has 0 aliphatic carbocycles. The van der Waals surface area contributed by atoms with Gasteiger partial charge in [-0.05, 0) is 31.3 Å². The Bertz CT molecular complexity index is 683. The molecule has 1 N–H and O–H groups in total. The molecule has 3 heterocycles. The lowest BCUT2D eigenvalue weighted by Gasteiger charge is -2.33. The molecule has 2 aromatic rings. The van der Waals surface area contributed by atoms with Crippen molar-refractivity contribution in [1.29, 1.82) is 0 Å². The highest BCUT2D eigenvalue weighted by atomic mass is 35.5. The summed E-state index contributed by atoms with van der Waals surface area (Å²) >= 11 is 5.87. The Balaban J connectivity index is 1.64. The molecule has 3 rings (SSSR count). The van der Waals surface area contributed by atoms with Gasteiger partial charge in [-0.1, -0.05) is 11.6 Å². The Morgan fingerprint density at radius 2 is 1.96 bits per heavy atom. The van der Waals surface area contributed by atoms with Gasteiger partial charge in [0.25, 0.3) is 5.91 Å². The van der Waals surface area contributed by atoms with Gasteiger partial charge in [-0.25, -0.2) is 4.98 Å². The van der Waals surface area contributed by atoms with E-state index in [9.17, 15) is 4.79 Å². The number of nitrogens with one attached hydrogen (secondary N) is 1. The van der Waals surface area contributed by atoms with Crippen LogP contribution in [0.25, 0.3) is 0 Å². The van der Waals surface area contributed by atoms with E-state index in [1.165, 1.54) is 12.3 Å². The van der Waals surface area contributed by atoms with Crippen molar-refractivity contribution in [3.05, 3.63) is 47.4 Å². The second-order valence-electron chi connectivity index (χ2n) is 5.51. The molecule has 7 heteroatoms. The lowest BCUT2D eigenvalue weighted by Crippen LogP contribution is -2.44. The standard InChI is InChI=1S/C16H18ClN5O/c1-21-6-8-22(9-7-21)15-3-2-13(11-19-15)20-16(23)14-10-12(17)4-5-18-14/h2-5,10-11H,6-9H2,1H3,(H,20,23). The van der Waals surface area contributed by atoms with E-state index in [0.717, 1.165) is 32.0 Å². The van der Waals surface area contributed by atoms with Crippen LogP contribution >= 0.6 is 11.6 Å². The zero-order valence-corrected chi connectivity index (χ0v) is 13.6. The Morgan fingerprint density at radius 1 is 1.17 bits per heavy atom. The van der Waals surface area contributed by atoms with Gasteiger partial charge in [0, 0.05) is 37.4 Å². The Kier molecular flexibility index (Phi) is 4.73. The summed E-state index contributed by atoms with van der Waals surface area (Å²) in [5.74, 6) is 0.624. The molecule has 23 heavy (non-hydrogen) atoms. The van der Waals surface area contributed by atoms with Crippen molar-refractivity contribution in [3.63, 3.8) is 0 Å². The summed E-state index contributed by atoms with van der Waals surface area (Å²) in [6.45, 7) is 3.98. The summed E-state index contributed by atoms with van der Waals surface area (Å²) in [5, 5.41) is 3.25. The van der Waals surface area contributed by atoms with Gasteiger partial charge in [0.15, 0.2) is 0 Å². The number of piperazine rings is 1. The minimum absolute atomic E-state index is 0.278. The van der Waals surface area contributed by atoms with E-state index in [4.69, 9.17) is 11.6 Å². The predicted molar refractivity (Wildman–Crippen MR) is 91.1 cm³/mol. The Hall–Kier alpha value is -2.18. The number of hydrogen-bond donors (Lipinski definition) is 1. The maximum atomic E-state index is 12.1. The number of carbonyl (C=O) groups is 1. The molecule has 1 fully saturated rings. The van der Waals surface area contributed by atoms with E-state index in [1.807, 2.05) is 12.1 Å². The van der Waals surface area contributed by atoms with E-state index in [2.05, 4.69) is 32.1 Å². The van der Waals surface area contributed by atoms with Gasteiger partial charge in [0.05, 0.1) is 11.9 Å². The average Bonchev–Trinajstić information content (AvgIpc) is 2.56. The van der Waals surface area contributed by atoms with Gasteiger partial charge in [0.1, 0.15) is 11.5 Å². The molecular formula is C16H18ClN5O. The normalized spacial score (nSPS) is 15.5. The van der Waals surface area contributed by atoms with Crippen LogP contribution in [0.5, 0.6) is 0 Å². The summed E-state index contributed by atoms with van der Waals surface area (Å²) in [6.07, 6.45) is 3.17. The lowest BCUT2D eigenvalue weighted by molar-refractivity contribution is 0.102. The molecule has 6 nitrogen and oxygen atoms in total. The molecule has 120 valence electrons. The fourth-order valence-electron chi connectivity index (χ4n) is 2.41. The molecule has 0 saturated carbocycles. The number of nitrogens with zero attached hydrogens (tertiary/aromatic N) is 4. The van der Waals surface area contributed by atoms with Gasteiger partial charge in [-0.3, -0.25) is 9.78 Å². The summed E-state index contributed by atoms with van der Waals surface area (Å²) < 4.78 is 0. The molecule has 1 amide bonds. The topological polar surface area (TPSA) is 61.4 Å². The van der Waals surface area contributed by atoms with Crippen LogP contribution in [-0.2, 0) is 0 Å². The van der Waals surface area contributed by atoms with Gasteiger partial charge in [0.2, 0.25) is 0 Å². The minimum atomic E-state index is -0.304. The molecule has 0 bridgehead atoms. The molecule has 0 spiro atoms. The summed E-state index contributed by atoms with van der Waals surface area (Å²) in [7, 11) is 2.12. The third-order valence-electron chi connectivity index (χ3n) is 3.79. The van der Waals surface area contributed by atoms with E-state index < -0.39 is 0 Å². The van der Waals surface area contributed by atoms with Crippen LogP contribution in [-0.4, -0.2) is 54.0 Å². The summed E-state index contributed by atoms with van der Waals surface area (Å²) in [5.41, 5.74) is 0.912. The smallest absolute Gasteiger partial charge is 0.274 e. The summed E-state index contributed by atoms with van der Waals surface area (Å²) in [4.78, 5) is 25.1. The van der Waals surface area contributed by atoms with Crippen molar-refractivity contribution in [2.24, 2.45) is 0 Å². The third-order valence-corrected chi connectivity index (χ3v) is 4.02. The number of aromatic nitrogens is 2. The quantitative estimate of drug-likeness (QED) is 0.933. The van der Waals surface area contributed by atoms with Crippen LogP contribution in [0.1, 0.15) is 10.5 Å². The van der Waals surface area contributed by atoms with Crippen LogP contribution in [0.15, 0.2) is 36.7 Å². The molecular weight excluding hydrogens is 314 g/mol. The number of carbonyl (C=O) groups excluding carboxylic acids is 1. The number of rotatable bonds is 3. The Morgan fingerprint density at radius 3 is 2.61 bits per heavy atom. The largest absolute Gasteiger partial charge is 0.354 e. The molecule has 0 aromatic carbocycles. The van der Waals surface area contributed by atoms with Crippen LogP contribution in [0.2, 0.25) is 5.02 Å². The first-order valence-corrected chi connectivity index (χ1v) is 7.82. The summed E-state index contributed by atoms with van der Waals surface area (Å²) in [6, 6.07) is 6.93. The second-order valence-corrected chi connectivity index (χ2v) is 5.95. The van der Waals surface area contributed by atoms with Crippen LogP contribution < -0.4 is 10.2 Å². The maximum Gasteiger partial charge on any atom is 0.274 e. The predicted octanol–water partition coefficient (Wildman–Crippen LogP) is 2.13. The molecule has 1 aliphatic heterocycles. The zero-order valence-electron chi connectivity index (χ0n) is 12.9. The minimum Gasteiger partial charge on any atom is -0.354 e. The lowest BCUT2D eigenvalue weighted by atomic mass is 10.3. The van der Waals surface area contributed by atoms with E-state index in [0.29, 0.717) is 10.7 Å². The second kappa shape index (κ2) is 6.93. The molecule has 0 unspecified atom stereocenters. The first kappa shape index (κ1) is 15.7. The molecule has 2 aromatic heterocycles. The SMILES string of the molecule is CN1CCN(c2ccc(NC(=O)c3cc(Cl)ccn3)cn2)CC1. The van der Waals surface area contributed by atoms with Crippen molar-refractivity contribution in [2.45, 2.75) is 0 Å². The molecule has 0 atom stereocenters. The molecule has 1 saturated heterocycles. The van der Waals surface area contributed by atoms with Crippen molar-refractivity contribution >= 4 is 29.0 Å². The van der Waals surface area contributed by atoms with Crippen molar-refractivity contribution in [2.75, 3.05) is 43.4 Å². The number of likely N-dealkylation sites (N-methyl/N-ethyl adjacent to an activating group) is 1. The number of amides is 1. The van der Waals surface area contributed by atoms with Gasteiger partial charge < -0.3 is 15.1 Å². The number of halogens is 1. The van der Waals surface area contributed by atoms with Crippen molar-refractivity contribution < 1.29 is 4.79 Å². The van der Waals surface area contributed by atoms with Crippen LogP contribution in [0.3, 0.4) is 0 Å². The zero-order chi connectivity index (χ0) is 16.2. The highest BCUT2D eigenvalue weighted by Crippen LogP contribution is 2.16. The fourth-order valence-corrected chi connectivity index (χ4v) is 2.57. The molecule has 1 aliphatic rings. The number of anilines is 2. The van der Waals surface area contributed by atoms with E-state index in [-0.39, 0.29) is 11.6 Å². The number of hydrogen-bond acceptors (Lipinski definition) is 5. The monoisotopic (exact) mass is 331 g/mol. The first-order chi connectivity index (χ1) is 11.1. The van der Waals surface area contributed by atoms with Gasteiger partial charge in [-0.15, -0.1) is 0 Å². The van der Waals surface area contributed by atoms with Crippen LogP contribution in [0.4, 0.5) is 11.5 Å². The fraction of sp³-hybridized carbons (Fsp3) is 0.312. The average molecular weight is 332 g/mol. The number of pyridine rings is 2. The highest BCUT2D eigenvalue weighted by Gasteiger charge is 2.15. The van der Waals surface area contributed by atoms with Gasteiger partial charge >= 0.3 is 0 Å². The van der Waals surface area contributed by atoms with E-state index in [1.54, 1.807) is 12.3 Å². The van der Waals surface area contributed by atoms with Crippen LogP contribution in [0, 0.1) is 0 Å². The first-order valence-electron chi connectivity index (χ1n) is 7.44. The maximum absolute atomic E-state index is 12.1. The Labute approximate surface area is 140 Å². The third kappa shape index (κ3) is 3.97. The van der Waals surface area contributed by atoms with Gasteiger partial charge in [-0.2, -0.15) is 0 Å². The highest BCUT2D eigenvalue weighted by molar-refractivity contribution is 6.30. The van der Waals surface area contributed by atoms with Crippen molar-refractivity contribution in [3.8, 4) is 0 Å².